The van der Waals surface area contributed by atoms with Crippen molar-refractivity contribution < 1.29 is 4.39 Å². The molecule has 1 nitrogen and oxygen atoms in total. The molecular formula is C14H20FNS. The van der Waals surface area contributed by atoms with Gasteiger partial charge in [-0.3, -0.25) is 0 Å². The molecule has 0 spiro atoms. The summed E-state index contributed by atoms with van der Waals surface area (Å²) in [4.78, 5) is 0.817. The summed E-state index contributed by atoms with van der Waals surface area (Å²) in [5.74, 6) is -0.0581. The molecule has 0 bridgehead atoms. The quantitative estimate of drug-likeness (QED) is 0.852. The van der Waals surface area contributed by atoms with Crippen LogP contribution in [-0.4, -0.2) is 11.8 Å². The first-order valence-corrected chi connectivity index (χ1v) is 7.33. The summed E-state index contributed by atoms with van der Waals surface area (Å²) in [6.07, 6.45) is 5.09. The first kappa shape index (κ1) is 12.9. The van der Waals surface area contributed by atoms with Gasteiger partial charge >= 0.3 is 0 Å². The third-order valence-electron chi connectivity index (χ3n) is 3.17. The van der Waals surface area contributed by atoms with Crippen molar-refractivity contribution in [1.29, 1.82) is 0 Å². The molecule has 1 fully saturated rings. The molecule has 2 rings (SSSR count). The molecule has 0 unspecified atom stereocenters. The first-order valence-electron chi connectivity index (χ1n) is 6.45. The zero-order valence-corrected chi connectivity index (χ0v) is 11.2. The van der Waals surface area contributed by atoms with Crippen molar-refractivity contribution in [1.82, 2.24) is 5.32 Å². The number of rotatable bonds is 5. The average Bonchev–Trinajstić information content (AvgIpc) is 2.82. The summed E-state index contributed by atoms with van der Waals surface area (Å²) in [7, 11) is 0. The minimum atomic E-state index is -0.0581. The van der Waals surface area contributed by atoms with Crippen LogP contribution in [0.1, 0.15) is 38.2 Å². The zero-order valence-electron chi connectivity index (χ0n) is 10.3. The SMILES string of the molecule is CCNCc1ccc(SC2CCCC2)c(F)c1. The number of benzene rings is 1. The summed E-state index contributed by atoms with van der Waals surface area (Å²) in [6.45, 7) is 3.72. The van der Waals surface area contributed by atoms with E-state index in [4.69, 9.17) is 0 Å². The Bertz CT molecular complexity index is 361. The molecule has 1 saturated carbocycles. The molecule has 1 aliphatic carbocycles. The van der Waals surface area contributed by atoms with Crippen LogP contribution in [0.15, 0.2) is 23.1 Å². The summed E-state index contributed by atoms with van der Waals surface area (Å²) < 4.78 is 13.9. The fourth-order valence-corrected chi connectivity index (χ4v) is 3.45. The Balaban J connectivity index is 1.98. The molecule has 1 aliphatic rings. The Morgan fingerprint density at radius 2 is 2.12 bits per heavy atom. The normalized spacial score (nSPS) is 16.6. The fraction of sp³-hybridized carbons (Fsp3) is 0.571. The maximum absolute atomic E-state index is 13.9. The lowest BCUT2D eigenvalue weighted by molar-refractivity contribution is 0.596. The number of thioether (sulfide) groups is 1. The maximum atomic E-state index is 13.9. The van der Waals surface area contributed by atoms with Gasteiger partial charge in [0.2, 0.25) is 0 Å². The molecule has 0 atom stereocenters. The molecule has 0 aromatic heterocycles. The van der Waals surface area contributed by atoms with E-state index >= 15 is 0 Å². The van der Waals surface area contributed by atoms with Gasteiger partial charge < -0.3 is 5.32 Å². The number of halogens is 1. The molecule has 0 saturated heterocycles. The largest absolute Gasteiger partial charge is 0.313 e. The van der Waals surface area contributed by atoms with Crippen LogP contribution in [0.5, 0.6) is 0 Å². The lowest BCUT2D eigenvalue weighted by Gasteiger charge is -2.10. The van der Waals surface area contributed by atoms with Gasteiger partial charge in [0.25, 0.3) is 0 Å². The third-order valence-corrected chi connectivity index (χ3v) is 4.56. The number of hydrogen-bond acceptors (Lipinski definition) is 2. The van der Waals surface area contributed by atoms with Gasteiger partial charge in [0, 0.05) is 16.7 Å². The maximum Gasteiger partial charge on any atom is 0.137 e. The summed E-state index contributed by atoms with van der Waals surface area (Å²) in [5, 5.41) is 3.84. The van der Waals surface area contributed by atoms with Gasteiger partial charge in [0.1, 0.15) is 5.82 Å². The molecule has 17 heavy (non-hydrogen) atoms. The molecule has 0 heterocycles. The van der Waals surface area contributed by atoms with E-state index < -0.39 is 0 Å². The number of hydrogen-bond donors (Lipinski definition) is 1. The molecule has 1 aromatic rings. The second-order valence-corrected chi connectivity index (χ2v) is 5.91. The van der Waals surface area contributed by atoms with Gasteiger partial charge in [0.05, 0.1) is 0 Å². The van der Waals surface area contributed by atoms with Gasteiger partial charge in [0.15, 0.2) is 0 Å². The monoisotopic (exact) mass is 253 g/mol. The lowest BCUT2D eigenvalue weighted by atomic mass is 10.2. The van der Waals surface area contributed by atoms with E-state index in [1.54, 1.807) is 17.8 Å². The Kier molecular flexibility index (Phi) is 4.86. The standard InChI is InChI=1S/C14H20FNS/c1-2-16-10-11-7-8-14(13(15)9-11)17-12-5-3-4-6-12/h7-9,12,16H,2-6,10H2,1H3. The molecule has 0 radical (unpaired) electrons. The zero-order chi connectivity index (χ0) is 12.1. The Morgan fingerprint density at radius 1 is 1.35 bits per heavy atom. The molecule has 94 valence electrons. The highest BCUT2D eigenvalue weighted by Crippen LogP contribution is 2.35. The van der Waals surface area contributed by atoms with Crippen molar-refractivity contribution in [2.24, 2.45) is 0 Å². The van der Waals surface area contributed by atoms with Crippen LogP contribution in [0.3, 0.4) is 0 Å². The van der Waals surface area contributed by atoms with Crippen molar-refractivity contribution >= 4 is 11.8 Å². The van der Waals surface area contributed by atoms with E-state index in [9.17, 15) is 4.39 Å². The van der Waals surface area contributed by atoms with Gasteiger partial charge in [-0.1, -0.05) is 25.8 Å². The molecule has 0 amide bonds. The second kappa shape index (κ2) is 6.41. The van der Waals surface area contributed by atoms with Crippen LogP contribution < -0.4 is 5.32 Å². The first-order chi connectivity index (χ1) is 8.29. The Hall–Kier alpha value is -0.540. The van der Waals surface area contributed by atoms with Crippen LogP contribution >= 0.6 is 11.8 Å². The minimum Gasteiger partial charge on any atom is -0.313 e. The van der Waals surface area contributed by atoms with Gasteiger partial charge in [-0.2, -0.15) is 0 Å². The lowest BCUT2D eigenvalue weighted by Crippen LogP contribution is -2.11. The Morgan fingerprint density at radius 3 is 2.76 bits per heavy atom. The van der Waals surface area contributed by atoms with E-state index in [1.807, 2.05) is 12.1 Å². The van der Waals surface area contributed by atoms with E-state index in [2.05, 4.69) is 12.2 Å². The molecule has 1 aromatic carbocycles. The van der Waals surface area contributed by atoms with Crippen LogP contribution in [-0.2, 0) is 6.54 Å². The highest BCUT2D eigenvalue weighted by Gasteiger charge is 2.17. The summed E-state index contributed by atoms with van der Waals surface area (Å²) >= 11 is 1.71. The van der Waals surface area contributed by atoms with Gasteiger partial charge in [-0.15, -0.1) is 11.8 Å². The fourth-order valence-electron chi connectivity index (χ4n) is 2.20. The van der Waals surface area contributed by atoms with Crippen molar-refractivity contribution in [2.45, 2.75) is 49.3 Å². The van der Waals surface area contributed by atoms with Crippen LogP contribution in [0, 0.1) is 5.82 Å². The topological polar surface area (TPSA) is 12.0 Å². The highest BCUT2D eigenvalue weighted by atomic mass is 32.2. The predicted octanol–water partition coefficient (Wildman–Crippen LogP) is 3.97. The van der Waals surface area contributed by atoms with E-state index in [0.717, 1.165) is 23.5 Å². The molecule has 3 heteroatoms. The van der Waals surface area contributed by atoms with Crippen LogP contribution in [0.4, 0.5) is 4.39 Å². The van der Waals surface area contributed by atoms with Gasteiger partial charge in [-0.25, -0.2) is 4.39 Å². The van der Waals surface area contributed by atoms with Crippen molar-refractivity contribution in [3.05, 3.63) is 29.6 Å². The predicted molar refractivity (Wildman–Crippen MR) is 71.9 cm³/mol. The molecule has 0 aliphatic heterocycles. The molecular weight excluding hydrogens is 233 g/mol. The average molecular weight is 253 g/mol. The van der Waals surface area contributed by atoms with Gasteiger partial charge in [-0.05, 0) is 37.1 Å². The smallest absolute Gasteiger partial charge is 0.137 e. The van der Waals surface area contributed by atoms with Crippen molar-refractivity contribution in [2.75, 3.05) is 6.54 Å². The van der Waals surface area contributed by atoms with Crippen molar-refractivity contribution in [3.8, 4) is 0 Å². The van der Waals surface area contributed by atoms with Crippen LogP contribution in [0.25, 0.3) is 0 Å². The number of nitrogens with one attached hydrogen (secondary N) is 1. The summed E-state index contributed by atoms with van der Waals surface area (Å²) in [6, 6.07) is 5.63. The van der Waals surface area contributed by atoms with Crippen LogP contribution in [0.2, 0.25) is 0 Å². The van der Waals surface area contributed by atoms with Crippen molar-refractivity contribution in [3.63, 3.8) is 0 Å². The minimum absolute atomic E-state index is 0.0581. The highest BCUT2D eigenvalue weighted by molar-refractivity contribution is 8.00. The van der Waals surface area contributed by atoms with E-state index in [1.165, 1.54) is 25.7 Å². The molecule has 1 N–H and O–H groups in total. The Labute approximate surface area is 107 Å². The third kappa shape index (κ3) is 3.71. The second-order valence-electron chi connectivity index (χ2n) is 4.57. The van der Waals surface area contributed by atoms with E-state index in [0.29, 0.717) is 5.25 Å². The van der Waals surface area contributed by atoms with E-state index in [-0.39, 0.29) is 5.82 Å². The summed E-state index contributed by atoms with van der Waals surface area (Å²) in [5.41, 5.74) is 1.03.